The second-order valence-corrected chi connectivity index (χ2v) is 18.3. The summed E-state index contributed by atoms with van der Waals surface area (Å²) in [7, 11) is 0. The van der Waals surface area contributed by atoms with Crippen molar-refractivity contribution in [1.29, 1.82) is 0 Å². The van der Waals surface area contributed by atoms with Crippen LogP contribution in [0.5, 0.6) is 0 Å². The fourth-order valence-corrected chi connectivity index (χ4v) is 8.50. The van der Waals surface area contributed by atoms with Gasteiger partial charge in [-0.1, -0.05) is 276 Å². The van der Waals surface area contributed by atoms with Crippen LogP contribution in [0.4, 0.5) is 0 Å². The minimum absolute atomic E-state index is 0.151. The van der Waals surface area contributed by atoms with Gasteiger partial charge in [-0.15, -0.1) is 0 Å². The average Bonchev–Trinajstić information content (AvgIpc) is 3.58. The molecule has 0 heterocycles. The molecule has 0 aliphatic heterocycles. The lowest BCUT2D eigenvalue weighted by atomic mass is 9.82. The Morgan fingerprint density at radius 2 is 0.879 bits per heavy atom. The molecular formula is C66H70. The Balaban J connectivity index is 0.000000138. The van der Waals surface area contributed by atoms with Crippen LogP contribution in [-0.4, -0.2) is 0 Å². The Labute approximate surface area is 398 Å². The van der Waals surface area contributed by atoms with Crippen molar-refractivity contribution >= 4 is 10.8 Å². The second kappa shape index (κ2) is 24.0. The van der Waals surface area contributed by atoms with Gasteiger partial charge in [0.2, 0.25) is 0 Å². The van der Waals surface area contributed by atoms with Gasteiger partial charge in [-0.3, -0.25) is 0 Å². The highest BCUT2D eigenvalue weighted by atomic mass is 14.4. The standard InChI is InChI=1S/C16H16.C15H16.C14H14.C11H10.C10H14/c1-11-8-9-13-12-6-4-5-7-14(12)16(2,3)15(13)10-11;1-2-6-13-9-11-15(12-10-13)14-7-4-3-5-8-14;1-11-3-7-13(8-4-11)14-9-5-12(2)6-10-14;1-9-5-4-7-10-6-2-3-8-11(9)10;1-3-9(2)10-7-5-4-6-8-10/h4-10H,1-3H3;3-5,7-12H,2,6H2,1H3;3-10H,1-2H3;2-8H,1H3;4-9H,3H2,1-2H3. The van der Waals surface area contributed by atoms with Crippen molar-refractivity contribution in [1.82, 2.24) is 0 Å². The van der Waals surface area contributed by atoms with Gasteiger partial charge >= 0.3 is 0 Å². The predicted octanol–water partition coefficient (Wildman–Crippen LogP) is 18.9. The summed E-state index contributed by atoms with van der Waals surface area (Å²) in [6.45, 7) is 19.9. The molecule has 66 heavy (non-hydrogen) atoms. The molecule has 9 aromatic carbocycles. The second-order valence-electron chi connectivity index (χ2n) is 18.3. The van der Waals surface area contributed by atoms with Crippen LogP contribution in [0.1, 0.15) is 97.9 Å². The minimum Gasteiger partial charge on any atom is -0.0651 e. The van der Waals surface area contributed by atoms with Gasteiger partial charge in [-0.25, -0.2) is 0 Å². The monoisotopic (exact) mass is 863 g/mol. The Bertz CT molecular complexity index is 2780. The molecule has 0 nitrogen and oxygen atoms in total. The lowest BCUT2D eigenvalue weighted by Gasteiger charge is -2.21. The predicted molar refractivity (Wildman–Crippen MR) is 290 cm³/mol. The number of rotatable bonds is 6. The van der Waals surface area contributed by atoms with E-state index < -0.39 is 0 Å². The third-order valence-corrected chi connectivity index (χ3v) is 12.8. The molecule has 0 aromatic heterocycles. The summed E-state index contributed by atoms with van der Waals surface area (Å²) in [4.78, 5) is 0. The SMILES string of the molecule is CCC(C)c1ccccc1.CCCc1ccc(-c2ccccc2)cc1.Cc1ccc(-c2ccc(C)cc2)cc1.Cc1ccc2c(c1)C(C)(C)c1ccccc1-2.Cc1cccc2ccccc12. The van der Waals surface area contributed by atoms with Crippen LogP contribution < -0.4 is 0 Å². The van der Waals surface area contributed by atoms with E-state index in [0.717, 1.165) is 0 Å². The van der Waals surface area contributed by atoms with Crippen LogP contribution in [0.25, 0.3) is 44.2 Å². The molecule has 0 N–H and O–H groups in total. The van der Waals surface area contributed by atoms with Crippen molar-refractivity contribution in [2.75, 3.05) is 0 Å². The molecule has 0 amide bonds. The maximum Gasteiger partial charge on any atom is 0.0158 e. The molecule has 0 saturated carbocycles. The van der Waals surface area contributed by atoms with E-state index in [4.69, 9.17) is 0 Å². The van der Waals surface area contributed by atoms with E-state index >= 15 is 0 Å². The van der Waals surface area contributed by atoms with Crippen LogP contribution >= 0.6 is 0 Å². The lowest BCUT2D eigenvalue weighted by molar-refractivity contribution is 0.660. The number of fused-ring (bicyclic) bond motifs is 4. The average molecular weight is 863 g/mol. The molecule has 334 valence electrons. The molecule has 0 bridgehead atoms. The maximum atomic E-state index is 2.33. The Morgan fingerprint density at radius 3 is 1.45 bits per heavy atom. The summed E-state index contributed by atoms with van der Waals surface area (Å²) in [6, 6.07) is 77.6. The van der Waals surface area contributed by atoms with Gasteiger partial charge in [0.25, 0.3) is 0 Å². The topological polar surface area (TPSA) is 0 Å². The van der Waals surface area contributed by atoms with Crippen LogP contribution in [0.15, 0.2) is 218 Å². The van der Waals surface area contributed by atoms with E-state index in [1.165, 1.54) is 108 Å². The maximum absolute atomic E-state index is 2.33. The summed E-state index contributed by atoms with van der Waals surface area (Å²) in [5, 5.41) is 2.68. The van der Waals surface area contributed by atoms with E-state index in [1.807, 2.05) is 0 Å². The largest absolute Gasteiger partial charge is 0.0651 e. The first-order valence-corrected chi connectivity index (χ1v) is 24.0. The number of hydrogen-bond donors (Lipinski definition) is 0. The first kappa shape index (κ1) is 48.7. The fourth-order valence-electron chi connectivity index (χ4n) is 8.50. The molecule has 1 atom stereocenters. The van der Waals surface area contributed by atoms with E-state index in [-0.39, 0.29) is 5.41 Å². The molecule has 0 spiro atoms. The van der Waals surface area contributed by atoms with Gasteiger partial charge in [-0.05, 0) is 118 Å². The molecule has 1 aliphatic rings. The smallest absolute Gasteiger partial charge is 0.0158 e. The van der Waals surface area contributed by atoms with Crippen LogP contribution in [0.3, 0.4) is 0 Å². The van der Waals surface area contributed by atoms with Crippen molar-refractivity contribution in [2.45, 2.75) is 92.9 Å². The van der Waals surface area contributed by atoms with E-state index in [0.29, 0.717) is 5.92 Å². The lowest BCUT2D eigenvalue weighted by Crippen LogP contribution is -2.14. The molecule has 1 unspecified atom stereocenters. The zero-order chi connectivity index (χ0) is 46.9. The zero-order valence-electron chi connectivity index (χ0n) is 41.0. The first-order chi connectivity index (χ1) is 32.0. The summed E-state index contributed by atoms with van der Waals surface area (Å²) in [5.74, 6) is 0.709. The van der Waals surface area contributed by atoms with Crippen LogP contribution in [-0.2, 0) is 11.8 Å². The summed E-state index contributed by atoms with van der Waals surface area (Å²) < 4.78 is 0. The van der Waals surface area contributed by atoms with E-state index in [2.05, 4.69) is 281 Å². The summed E-state index contributed by atoms with van der Waals surface area (Å²) in [5.41, 5.74) is 19.2. The van der Waals surface area contributed by atoms with Gasteiger partial charge in [0.15, 0.2) is 0 Å². The number of hydrogen-bond acceptors (Lipinski definition) is 0. The Kier molecular flexibility index (Phi) is 17.7. The third kappa shape index (κ3) is 13.2. The van der Waals surface area contributed by atoms with E-state index in [9.17, 15) is 0 Å². The Morgan fingerprint density at radius 1 is 0.409 bits per heavy atom. The highest BCUT2D eigenvalue weighted by Gasteiger charge is 2.34. The van der Waals surface area contributed by atoms with E-state index in [1.54, 1.807) is 0 Å². The number of aryl methyl sites for hydroxylation is 5. The molecule has 1 aliphatic carbocycles. The van der Waals surface area contributed by atoms with Crippen LogP contribution in [0.2, 0.25) is 0 Å². The normalized spacial score (nSPS) is 12.0. The minimum atomic E-state index is 0.151. The molecule has 0 fully saturated rings. The van der Waals surface area contributed by atoms with Crippen molar-refractivity contribution in [2.24, 2.45) is 0 Å². The van der Waals surface area contributed by atoms with Gasteiger partial charge in [0.1, 0.15) is 0 Å². The zero-order valence-corrected chi connectivity index (χ0v) is 41.0. The third-order valence-electron chi connectivity index (χ3n) is 12.8. The highest BCUT2D eigenvalue weighted by Crippen LogP contribution is 2.48. The van der Waals surface area contributed by atoms with Gasteiger partial charge in [-0.2, -0.15) is 0 Å². The van der Waals surface area contributed by atoms with Crippen molar-refractivity contribution < 1.29 is 0 Å². The molecule has 0 radical (unpaired) electrons. The van der Waals surface area contributed by atoms with Gasteiger partial charge < -0.3 is 0 Å². The van der Waals surface area contributed by atoms with Crippen molar-refractivity contribution in [3.05, 3.63) is 263 Å². The Hall–Kier alpha value is -6.76. The van der Waals surface area contributed by atoms with Crippen LogP contribution in [0, 0.1) is 27.7 Å². The quantitative estimate of drug-likeness (QED) is 0.156. The summed E-state index contributed by atoms with van der Waals surface area (Å²) in [6.07, 6.45) is 3.61. The highest BCUT2D eigenvalue weighted by molar-refractivity contribution is 5.85. The van der Waals surface area contributed by atoms with Gasteiger partial charge in [0, 0.05) is 5.41 Å². The fraction of sp³-hybridized carbons (Fsp3) is 0.212. The number of benzene rings is 9. The summed E-state index contributed by atoms with van der Waals surface area (Å²) >= 11 is 0. The van der Waals surface area contributed by atoms with Gasteiger partial charge in [0.05, 0.1) is 0 Å². The molecule has 9 aromatic rings. The first-order valence-electron chi connectivity index (χ1n) is 24.0. The molecular weight excluding hydrogens is 793 g/mol. The molecule has 10 rings (SSSR count). The van der Waals surface area contributed by atoms with Crippen molar-refractivity contribution in [3.8, 4) is 33.4 Å². The molecule has 0 heteroatoms. The van der Waals surface area contributed by atoms with Crippen molar-refractivity contribution in [3.63, 3.8) is 0 Å². The molecule has 0 saturated heterocycles.